The van der Waals surface area contributed by atoms with Crippen LogP contribution >= 0.6 is 0 Å². The Morgan fingerprint density at radius 3 is 2.50 bits per heavy atom. The molecule has 208 valence electrons. The molecular formula is C28H30N6O5S. The quantitative estimate of drug-likeness (QED) is 0.319. The van der Waals surface area contributed by atoms with E-state index in [0.29, 0.717) is 23.5 Å². The van der Waals surface area contributed by atoms with E-state index < -0.39 is 10.0 Å². The number of amides is 1. The fraction of sp³-hybridized carbons (Fsp3) is 0.286. The summed E-state index contributed by atoms with van der Waals surface area (Å²) in [6.07, 6.45) is 3.11. The second-order valence-electron chi connectivity index (χ2n) is 9.62. The van der Waals surface area contributed by atoms with Crippen molar-refractivity contribution in [2.24, 2.45) is 5.92 Å². The van der Waals surface area contributed by atoms with Crippen LogP contribution in [0.5, 0.6) is 5.75 Å². The summed E-state index contributed by atoms with van der Waals surface area (Å²) < 4.78 is 38.2. The number of carbonyl (C=O) groups is 1. The summed E-state index contributed by atoms with van der Waals surface area (Å²) >= 11 is 0. The normalized spacial score (nSPS) is 15.5. The van der Waals surface area contributed by atoms with E-state index in [1.807, 2.05) is 30.3 Å². The molecule has 1 saturated heterocycles. The fourth-order valence-corrected chi connectivity index (χ4v) is 5.54. The minimum atomic E-state index is -3.87. The largest absolute Gasteiger partial charge is 0.497 e. The van der Waals surface area contributed by atoms with Gasteiger partial charge < -0.3 is 19.5 Å². The zero-order valence-corrected chi connectivity index (χ0v) is 23.2. The van der Waals surface area contributed by atoms with Crippen molar-refractivity contribution in [3.05, 3.63) is 72.2 Å². The topological polar surface area (TPSA) is 140 Å². The molecule has 1 aliphatic rings. The lowest BCUT2D eigenvalue weighted by molar-refractivity contribution is -0.120. The van der Waals surface area contributed by atoms with Gasteiger partial charge in [0.2, 0.25) is 11.8 Å². The second kappa shape index (κ2) is 11.3. The predicted molar refractivity (Wildman–Crippen MR) is 151 cm³/mol. The van der Waals surface area contributed by atoms with Gasteiger partial charge in [-0.1, -0.05) is 5.16 Å². The van der Waals surface area contributed by atoms with Crippen LogP contribution in [0.3, 0.4) is 0 Å². The zero-order valence-electron chi connectivity index (χ0n) is 22.4. The Kier molecular flexibility index (Phi) is 7.69. The van der Waals surface area contributed by atoms with Crippen LogP contribution in [-0.2, 0) is 14.8 Å². The minimum absolute atomic E-state index is 0.0409. The van der Waals surface area contributed by atoms with Crippen LogP contribution < -0.4 is 19.7 Å². The Labute approximate surface area is 232 Å². The third-order valence-electron chi connectivity index (χ3n) is 6.97. The summed E-state index contributed by atoms with van der Waals surface area (Å²) in [6, 6.07) is 15.6. The predicted octanol–water partition coefficient (Wildman–Crippen LogP) is 4.41. The molecule has 4 aromatic rings. The van der Waals surface area contributed by atoms with E-state index in [2.05, 4.69) is 30.1 Å². The molecule has 1 unspecified atom stereocenters. The van der Waals surface area contributed by atoms with Gasteiger partial charge in [-0.05, 0) is 75.2 Å². The molecule has 1 fully saturated rings. The smallest absolute Gasteiger partial charge is 0.264 e. The number of hydrogen-bond acceptors (Lipinski definition) is 9. The van der Waals surface area contributed by atoms with E-state index in [9.17, 15) is 13.2 Å². The van der Waals surface area contributed by atoms with Crippen molar-refractivity contribution in [3.63, 3.8) is 0 Å². The monoisotopic (exact) mass is 562 g/mol. The number of nitrogens with zero attached hydrogens (tertiary/aromatic N) is 4. The molecule has 1 atom stereocenters. The van der Waals surface area contributed by atoms with Crippen LogP contribution in [0.4, 0.5) is 17.4 Å². The molecule has 1 amide bonds. The summed E-state index contributed by atoms with van der Waals surface area (Å²) in [4.78, 5) is 24.1. The number of piperidine rings is 1. The lowest BCUT2D eigenvalue weighted by Gasteiger charge is -2.33. The first-order valence-corrected chi connectivity index (χ1v) is 14.3. The van der Waals surface area contributed by atoms with Gasteiger partial charge in [0.25, 0.3) is 10.0 Å². The molecule has 12 heteroatoms. The Morgan fingerprint density at radius 1 is 1.07 bits per heavy atom. The number of carbonyl (C=O) groups excluding carboxylic acids is 1. The number of ether oxygens (including phenoxy) is 1. The van der Waals surface area contributed by atoms with Gasteiger partial charge in [0.1, 0.15) is 17.9 Å². The molecular weight excluding hydrogens is 532 g/mol. The molecule has 2 N–H and O–H groups in total. The van der Waals surface area contributed by atoms with Crippen LogP contribution in [0.15, 0.2) is 70.3 Å². The average molecular weight is 563 g/mol. The molecule has 0 saturated carbocycles. The van der Waals surface area contributed by atoms with Crippen molar-refractivity contribution >= 4 is 33.3 Å². The van der Waals surface area contributed by atoms with E-state index in [1.54, 1.807) is 33.1 Å². The van der Waals surface area contributed by atoms with E-state index in [-0.39, 0.29) is 22.6 Å². The molecule has 11 nitrogen and oxygen atoms in total. The Bertz CT molecular complexity index is 1600. The van der Waals surface area contributed by atoms with Crippen molar-refractivity contribution in [3.8, 4) is 17.0 Å². The van der Waals surface area contributed by atoms with Crippen LogP contribution in [0, 0.1) is 19.8 Å². The van der Waals surface area contributed by atoms with Crippen LogP contribution in [0.25, 0.3) is 11.3 Å². The summed E-state index contributed by atoms with van der Waals surface area (Å²) in [5, 5.41) is 6.69. The van der Waals surface area contributed by atoms with Gasteiger partial charge in [0.15, 0.2) is 0 Å². The number of anilines is 3. The van der Waals surface area contributed by atoms with Crippen molar-refractivity contribution in [2.45, 2.75) is 31.6 Å². The molecule has 2 aromatic heterocycles. The number of aromatic nitrogens is 3. The van der Waals surface area contributed by atoms with Gasteiger partial charge in [-0.25, -0.2) is 23.1 Å². The highest BCUT2D eigenvalue weighted by Gasteiger charge is 2.27. The highest BCUT2D eigenvalue weighted by Crippen LogP contribution is 2.27. The summed E-state index contributed by atoms with van der Waals surface area (Å²) in [5.74, 6) is 1.23. The van der Waals surface area contributed by atoms with Crippen LogP contribution in [-0.4, -0.2) is 49.6 Å². The minimum Gasteiger partial charge on any atom is -0.497 e. The molecule has 3 heterocycles. The average Bonchev–Trinajstić information content (AvgIpc) is 3.29. The van der Waals surface area contributed by atoms with Crippen LogP contribution in [0.2, 0.25) is 0 Å². The summed E-state index contributed by atoms with van der Waals surface area (Å²) in [7, 11) is -2.25. The highest BCUT2D eigenvalue weighted by atomic mass is 32.2. The molecule has 0 spiro atoms. The lowest BCUT2D eigenvalue weighted by Crippen LogP contribution is -2.41. The maximum atomic E-state index is 13.1. The van der Waals surface area contributed by atoms with Crippen molar-refractivity contribution < 1.29 is 22.5 Å². The van der Waals surface area contributed by atoms with Crippen molar-refractivity contribution in [1.82, 2.24) is 15.1 Å². The summed E-state index contributed by atoms with van der Waals surface area (Å²) in [5.41, 5.74) is 3.47. The van der Waals surface area contributed by atoms with Crippen molar-refractivity contribution in [2.75, 3.05) is 35.1 Å². The molecule has 1 aliphatic heterocycles. The zero-order chi connectivity index (χ0) is 28.3. The Balaban J connectivity index is 1.22. The molecule has 5 rings (SSSR count). The lowest BCUT2D eigenvalue weighted by atomic mass is 9.97. The number of nitrogens with one attached hydrogen (secondary N) is 2. The number of benzene rings is 2. The highest BCUT2D eigenvalue weighted by molar-refractivity contribution is 7.92. The molecule has 2 aromatic carbocycles. The number of methoxy groups -OCH3 is 1. The third kappa shape index (κ3) is 5.91. The van der Waals surface area contributed by atoms with Gasteiger partial charge in [-0.15, -0.1) is 0 Å². The van der Waals surface area contributed by atoms with Gasteiger partial charge >= 0.3 is 0 Å². The maximum Gasteiger partial charge on any atom is 0.264 e. The number of hydrogen-bond donors (Lipinski definition) is 2. The standard InChI is InChI=1S/C28H30N6O5S/c1-18-19(2)32-39-28(18)33-40(36,37)24-12-8-22(9-13-24)31-27(35)21-5-4-14-34(16-21)26-15-25(29-17-30-26)20-6-10-23(38-3)11-7-20/h6-13,15,17,21,33H,4-5,14,16H2,1-3H3,(H,31,35). The van der Waals surface area contributed by atoms with E-state index in [1.165, 1.54) is 18.5 Å². The van der Waals surface area contributed by atoms with E-state index in [0.717, 1.165) is 42.2 Å². The van der Waals surface area contributed by atoms with Gasteiger partial charge in [0.05, 0.1) is 29.3 Å². The SMILES string of the molecule is COc1ccc(-c2cc(N3CCCC(C(=O)Nc4ccc(S(=O)(=O)Nc5onc(C)c5C)cc4)C3)ncn2)cc1. The van der Waals surface area contributed by atoms with E-state index >= 15 is 0 Å². The second-order valence-corrected chi connectivity index (χ2v) is 11.3. The summed E-state index contributed by atoms with van der Waals surface area (Å²) in [6.45, 7) is 4.75. The van der Waals surface area contributed by atoms with Gasteiger partial charge in [0, 0.05) is 36.0 Å². The maximum absolute atomic E-state index is 13.1. The molecule has 0 radical (unpaired) electrons. The third-order valence-corrected chi connectivity index (χ3v) is 8.32. The first-order valence-electron chi connectivity index (χ1n) is 12.8. The number of aryl methyl sites for hydroxylation is 1. The number of rotatable bonds is 8. The van der Waals surface area contributed by atoms with Gasteiger partial charge in [-0.3, -0.25) is 4.79 Å². The molecule has 40 heavy (non-hydrogen) atoms. The Morgan fingerprint density at radius 2 is 1.82 bits per heavy atom. The Hall–Kier alpha value is -4.45. The fourth-order valence-electron chi connectivity index (χ4n) is 4.49. The van der Waals surface area contributed by atoms with E-state index in [4.69, 9.17) is 9.26 Å². The first-order chi connectivity index (χ1) is 19.2. The molecule has 0 bridgehead atoms. The number of sulfonamides is 1. The van der Waals surface area contributed by atoms with Crippen LogP contribution in [0.1, 0.15) is 24.1 Å². The van der Waals surface area contributed by atoms with Crippen molar-refractivity contribution in [1.29, 1.82) is 0 Å². The molecule has 0 aliphatic carbocycles. The van der Waals surface area contributed by atoms with Gasteiger partial charge in [-0.2, -0.15) is 0 Å². The first kappa shape index (κ1) is 27.1.